The molecule has 0 spiro atoms. The van der Waals surface area contributed by atoms with Crippen molar-refractivity contribution in [3.05, 3.63) is 52.8 Å². The van der Waals surface area contributed by atoms with E-state index in [0.717, 1.165) is 18.4 Å². The number of carbonyl (C=O) groups is 1. The summed E-state index contributed by atoms with van der Waals surface area (Å²) in [6.07, 6.45) is 2.46. The molecule has 6 heteroatoms. The molecule has 0 bridgehead atoms. The predicted molar refractivity (Wildman–Crippen MR) is 83.5 cm³/mol. The molecule has 1 amide bonds. The first-order valence-corrected chi connectivity index (χ1v) is 7.61. The lowest BCUT2D eigenvalue weighted by molar-refractivity contribution is -0.124. The smallest absolute Gasteiger partial charge is 0.230 e. The quantitative estimate of drug-likeness (QED) is 0.885. The Balaban J connectivity index is 1.66. The monoisotopic (exact) mass is 319 g/mol. The van der Waals surface area contributed by atoms with Crippen LogP contribution >= 0.6 is 11.6 Å². The highest BCUT2D eigenvalue weighted by atomic mass is 35.5. The van der Waals surface area contributed by atoms with Gasteiger partial charge in [0, 0.05) is 24.8 Å². The summed E-state index contributed by atoms with van der Waals surface area (Å²) >= 11 is 6.01. The van der Waals surface area contributed by atoms with E-state index in [1.807, 2.05) is 18.2 Å². The second-order valence-electron chi connectivity index (χ2n) is 5.70. The van der Waals surface area contributed by atoms with Crippen LogP contribution in [0.1, 0.15) is 30.2 Å². The fourth-order valence-electron chi connectivity index (χ4n) is 2.73. The topological polar surface area (TPSA) is 67.2 Å². The maximum atomic E-state index is 12.5. The number of rotatable bonds is 5. The molecule has 0 saturated heterocycles. The van der Waals surface area contributed by atoms with Crippen LogP contribution in [0.5, 0.6) is 0 Å². The fourth-order valence-corrected chi connectivity index (χ4v) is 2.92. The van der Waals surface area contributed by atoms with Crippen molar-refractivity contribution >= 4 is 17.5 Å². The number of halogens is 1. The van der Waals surface area contributed by atoms with Crippen LogP contribution in [0.4, 0.5) is 0 Å². The van der Waals surface area contributed by atoms with Gasteiger partial charge in [-0.15, -0.1) is 0 Å². The average Bonchev–Trinajstić information content (AvgIpc) is 3.21. The number of benzene rings is 1. The Labute approximate surface area is 133 Å². The molecule has 1 fully saturated rings. The third-order valence-corrected chi connectivity index (χ3v) is 4.45. The lowest BCUT2D eigenvalue weighted by Gasteiger charge is -2.18. The minimum Gasteiger partial charge on any atom is -0.385 e. The summed E-state index contributed by atoms with van der Waals surface area (Å²) in [5.74, 6) is -0.0593. The van der Waals surface area contributed by atoms with Crippen LogP contribution in [-0.4, -0.2) is 27.3 Å². The van der Waals surface area contributed by atoms with E-state index in [0.29, 0.717) is 10.7 Å². The summed E-state index contributed by atoms with van der Waals surface area (Å²) in [6.45, 7) is 0.167. The number of amides is 1. The van der Waals surface area contributed by atoms with E-state index in [2.05, 4.69) is 10.4 Å². The second kappa shape index (κ2) is 5.74. The summed E-state index contributed by atoms with van der Waals surface area (Å²) in [7, 11) is 1.76. The Morgan fingerprint density at radius 3 is 2.86 bits per heavy atom. The van der Waals surface area contributed by atoms with Gasteiger partial charge in [-0.2, -0.15) is 5.10 Å². The van der Waals surface area contributed by atoms with E-state index < -0.39 is 11.5 Å². The maximum absolute atomic E-state index is 12.5. The number of aliphatic hydroxyl groups is 1. The van der Waals surface area contributed by atoms with Gasteiger partial charge in [0.15, 0.2) is 0 Å². The van der Waals surface area contributed by atoms with Crippen LogP contribution < -0.4 is 5.32 Å². The van der Waals surface area contributed by atoms with Gasteiger partial charge in [0.2, 0.25) is 5.91 Å². The van der Waals surface area contributed by atoms with Crippen LogP contribution in [0, 0.1) is 0 Å². The van der Waals surface area contributed by atoms with Gasteiger partial charge in [-0.05, 0) is 36.6 Å². The number of aryl methyl sites for hydroxylation is 1. The zero-order valence-electron chi connectivity index (χ0n) is 12.3. The lowest BCUT2D eigenvalue weighted by Crippen LogP contribution is -2.37. The molecule has 1 aliphatic rings. The van der Waals surface area contributed by atoms with Crippen molar-refractivity contribution in [2.24, 2.45) is 7.05 Å². The highest BCUT2D eigenvalue weighted by Crippen LogP contribution is 2.48. The molecular formula is C16H18ClN3O2. The molecule has 1 saturated carbocycles. The molecule has 2 aromatic rings. The number of hydrogen-bond donors (Lipinski definition) is 2. The van der Waals surface area contributed by atoms with Crippen molar-refractivity contribution in [3.63, 3.8) is 0 Å². The highest BCUT2D eigenvalue weighted by Gasteiger charge is 2.51. The third-order valence-electron chi connectivity index (χ3n) is 4.22. The standard InChI is InChI=1S/C16H18ClN3O2/c1-20-13(5-8-19-20)14(21)10-18-15(22)16(6-7-16)11-3-2-4-12(17)9-11/h2-5,8-9,14,21H,6-7,10H2,1H3,(H,18,22). The summed E-state index contributed by atoms with van der Waals surface area (Å²) < 4.78 is 1.60. The van der Waals surface area contributed by atoms with Crippen molar-refractivity contribution in [3.8, 4) is 0 Å². The molecule has 0 aliphatic heterocycles. The highest BCUT2D eigenvalue weighted by molar-refractivity contribution is 6.30. The first-order chi connectivity index (χ1) is 10.5. The maximum Gasteiger partial charge on any atom is 0.230 e. The minimum absolute atomic E-state index is 0.0593. The number of aromatic nitrogens is 2. The molecule has 2 N–H and O–H groups in total. The van der Waals surface area contributed by atoms with Crippen LogP contribution in [0.15, 0.2) is 36.5 Å². The van der Waals surface area contributed by atoms with Crippen LogP contribution in [0.25, 0.3) is 0 Å². The minimum atomic E-state index is -0.772. The molecule has 116 valence electrons. The van der Waals surface area contributed by atoms with Gasteiger partial charge in [-0.1, -0.05) is 23.7 Å². The fraction of sp³-hybridized carbons (Fsp3) is 0.375. The molecular weight excluding hydrogens is 302 g/mol. The Hall–Kier alpha value is -1.85. The van der Waals surface area contributed by atoms with Gasteiger partial charge in [0.25, 0.3) is 0 Å². The van der Waals surface area contributed by atoms with Gasteiger partial charge in [0.1, 0.15) is 6.10 Å². The zero-order chi connectivity index (χ0) is 15.7. The molecule has 1 atom stereocenters. The van der Waals surface area contributed by atoms with Crippen molar-refractivity contribution in [1.29, 1.82) is 0 Å². The first-order valence-electron chi connectivity index (χ1n) is 7.23. The van der Waals surface area contributed by atoms with E-state index in [9.17, 15) is 9.90 Å². The van der Waals surface area contributed by atoms with Crippen LogP contribution in [0.3, 0.4) is 0 Å². The number of nitrogens with one attached hydrogen (secondary N) is 1. The normalized spacial score (nSPS) is 17.0. The van der Waals surface area contributed by atoms with Gasteiger partial charge in [-0.3, -0.25) is 9.48 Å². The first kappa shape index (κ1) is 15.1. The van der Waals surface area contributed by atoms with Gasteiger partial charge < -0.3 is 10.4 Å². The summed E-state index contributed by atoms with van der Waals surface area (Å²) in [5.41, 5.74) is 1.12. The Morgan fingerprint density at radius 1 is 1.50 bits per heavy atom. The number of hydrogen-bond acceptors (Lipinski definition) is 3. The number of carbonyl (C=O) groups excluding carboxylic acids is 1. The van der Waals surface area contributed by atoms with Crippen LogP contribution in [0.2, 0.25) is 5.02 Å². The Morgan fingerprint density at radius 2 is 2.27 bits per heavy atom. The van der Waals surface area contributed by atoms with E-state index >= 15 is 0 Å². The summed E-state index contributed by atoms with van der Waals surface area (Å²) in [6, 6.07) is 9.16. The van der Waals surface area contributed by atoms with E-state index in [1.165, 1.54) is 0 Å². The predicted octanol–water partition coefficient (Wildman–Crippen LogP) is 1.95. The van der Waals surface area contributed by atoms with Crippen molar-refractivity contribution in [2.75, 3.05) is 6.54 Å². The van der Waals surface area contributed by atoms with E-state index in [4.69, 9.17) is 11.6 Å². The van der Waals surface area contributed by atoms with Crippen molar-refractivity contribution in [2.45, 2.75) is 24.4 Å². The Kier molecular flexibility index (Phi) is 3.93. The molecule has 1 aromatic carbocycles. The average molecular weight is 320 g/mol. The molecule has 3 rings (SSSR count). The molecule has 22 heavy (non-hydrogen) atoms. The molecule has 1 aromatic heterocycles. The number of nitrogens with zero attached hydrogens (tertiary/aromatic N) is 2. The van der Waals surface area contributed by atoms with Gasteiger partial charge in [-0.25, -0.2) is 0 Å². The Bertz CT molecular complexity index is 694. The van der Waals surface area contributed by atoms with E-state index in [-0.39, 0.29) is 12.5 Å². The zero-order valence-corrected chi connectivity index (χ0v) is 13.0. The molecule has 1 unspecified atom stereocenters. The molecule has 1 aliphatic carbocycles. The summed E-state index contributed by atoms with van der Waals surface area (Å²) in [5, 5.41) is 17.6. The third kappa shape index (κ3) is 2.74. The van der Waals surface area contributed by atoms with Crippen LogP contribution in [-0.2, 0) is 17.3 Å². The lowest BCUT2D eigenvalue weighted by atomic mass is 9.95. The SMILES string of the molecule is Cn1nccc1C(O)CNC(=O)C1(c2cccc(Cl)c2)CC1. The van der Waals surface area contributed by atoms with Crippen molar-refractivity contribution in [1.82, 2.24) is 15.1 Å². The van der Waals surface area contributed by atoms with Gasteiger partial charge >= 0.3 is 0 Å². The largest absolute Gasteiger partial charge is 0.385 e. The molecule has 0 radical (unpaired) electrons. The second-order valence-corrected chi connectivity index (χ2v) is 6.13. The van der Waals surface area contributed by atoms with Gasteiger partial charge in [0.05, 0.1) is 11.1 Å². The van der Waals surface area contributed by atoms with E-state index in [1.54, 1.807) is 30.1 Å². The summed E-state index contributed by atoms with van der Waals surface area (Å²) in [4.78, 5) is 12.5. The molecule has 1 heterocycles. The number of aliphatic hydroxyl groups excluding tert-OH is 1. The van der Waals surface area contributed by atoms with Crippen molar-refractivity contribution < 1.29 is 9.90 Å². The molecule has 5 nitrogen and oxygen atoms in total.